The summed E-state index contributed by atoms with van der Waals surface area (Å²) in [5.41, 5.74) is 3.58. The van der Waals surface area contributed by atoms with Crippen molar-refractivity contribution in [3.63, 3.8) is 0 Å². The summed E-state index contributed by atoms with van der Waals surface area (Å²) < 4.78 is 9.16. The zero-order valence-electron chi connectivity index (χ0n) is 13.8. The Morgan fingerprint density at radius 2 is 2.08 bits per heavy atom. The Morgan fingerprint density at radius 3 is 2.83 bits per heavy atom. The topological polar surface area (TPSA) is 61.4 Å². The molecule has 24 heavy (non-hydrogen) atoms. The molecule has 1 aliphatic heterocycles. The number of carbonyl (C=O) groups is 1. The summed E-state index contributed by atoms with van der Waals surface area (Å²) in [6.45, 7) is 5.33. The first-order valence-electron chi connectivity index (χ1n) is 8.27. The van der Waals surface area contributed by atoms with Crippen LogP contribution in [0.5, 0.6) is 0 Å². The molecule has 0 bridgehead atoms. The highest BCUT2D eigenvalue weighted by Gasteiger charge is 2.19. The van der Waals surface area contributed by atoms with Crippen molar-refractivity contribution >= 4 is 11.3 Å². The van der Waals surface area contributed by atoms with Crippen molar-refractivity contribution in [2.24, 2.45) is 5.92 Å². The molecule has 1 saturated heterocycles. The van der Waals surface area contributed by atoms with Gasteiger partial charge in [-0.15, -0.1) is 0 Å². The first-order valence-corrected chi connectivity index (χ1v) is 8.27. The molecule has 124 valence electrons. The quantitative estimate of drug-likeness (QED) is 0.692. The molecular formula is C18H20N4O2. The summed E-state index contributed by atoms with van der Waals surface area (Å²) in [4.78, 5) is 12.2. The van der Waals surface area contributed by atoms with E-state index in [1.807, 2.05) is 49.3 Å². The molecule has 3 aromatic heterocycles. The van der Waals surface area contributed by atoms with E-state index in [1.165, 1.54) is 0 Å². The van der Waals surface area contributed by atoms with Crippen LogP contribution in [0.1, 0.15) is 36.7 Å². The third kappa shape index (κ3) is 2.53. The van der Waals surface area contributed by atoms with E-state index < -0.39 is 0 Å². The minimum absolute atomic E-state index is 0.0375. The van der Waals surface area contributed by atoms with Crippen molar-refractivity contribution in [3.8, 4) is 11.1 Å². The fourth-order valence-corrected chi connectivity index (χ4v) is 3.07. The lowest BCUT2D eigenvalue weighted by Crippen LogP contribution is -2.08. The predicted octanol–water partition coefficient (Wildman–Crippen LogP) is 3.00. The molecule has 0 radical (unpaired) electrons. The largest absolute Gasteiger partial charge is 0.379 e. The monoisotopic (exact) mass is 324 g/mol. The highest BCUT2D eigenvalue weighted by Crippen LogP contribution is 2.25. The molecule has 1 atom stereocenters. The molecule has 4 heterocycles. The van der Waals surface area contributed by atoms with Crippen LogP contribution in [0, 0.1) is 5.92 Å². The molecule has 0 saturated carbocycles. The van der Waals surface area contributed by atoms with Gasteiger partial charge in [-0.05, 0) is 12.5 Å². The van der Waals surface area contributed by atoms with Gasteiger partial charge in [0.15, 0.2) is 5.78 Å². The number of pyridine rings is 1. The second-order valence-electron chi connectivity index (χ2n) is 6.55. The Morgan fingerprint density at radius 1 is 1.21 bits per heavy atom. The van der Waals surface area contributed by atoms with Crippen molar-refractivity contribution in [2.75, 3.05) is 13.2 Å². The molecule has 0 spiro atoms. The third-order valence-corrected chi connectivity index (χ3v) is 4.52. The lowest BCUT2D eigenvalue weighted by molar-refractivity contribution is 0.0941. The fraction of sp³-hybridized carbons (Fsp3) is 0.389. The van der Waals surface area contributed by atoms with Crippen molar-refractivity contribution in [1.29, 1.82) is 0 Å². The number of rotatable bonds is 4. The molecule has 0 amide bonds. The molecule has 0 N–H and O–H groups in total. The van der Waals surface area contributed by atoms with E-state index in [9.17, 15) is 4.79 Å². The van der Waals surface area contributed by atoms with Gasteiger partial charge in [-0.3, -0.25) is 9.48 Å². The summed E-state index contributed by atoms with van der Waals surface area (Å²) >= 11 is 0. The van der Waals surface area contributed by atoms with Crippen molar-refractivity contribution in [3.05, 3.63) is 42.5 Å². The van der Waals surface area contributed by atoms with Crippen LogP contribution >= 0.6 is 0 Å². The van der Waals surface area contributed by atoms with Gasteiger partial charge in [-0.25, -0.2) is 4.52 Å². The first-order chi connectivity index (χ1) is 11.6. The van der Waals surface area contributed by atoms with Gasteiger partial charge < -0.3 is 4.74 Å². The maximum atomic E-state index is 12.2. The van der Waals surface area contributed by atoms with Crippen LogP contribution in [0.2, 0.25) is 0 Å². The molecule has 1 unspecified atom stereocenters. The fourth-order valence-electron chi connectivity index (χ4n) is 3.07. The number of aromatic nitrogens is 4. The smallest absolute Gasteiger partial charge is 0.169 e. The molecule has 0 aromatic carbocycles. The predicted molar refractivity (Wildman–Crippen MR) is 90.1 cm³/mol. The van der Waals surface area contributed by atoms with Crippen molar-refractivity contribution < 1.29 is 9.53 Å². The van der Waals surface area contributed by atoms with Crippen LogP contribution in [0.3, 0.4) is 0 Å². The van der Waals surface area contributed by atoms with Gasteiger partial charge in [0.05, 0.1) is 36.1 Å². The third-order valence-electron chi connectivity index (χ3n) is 4.52. The number of hydrogen-bond donors (Lipinski definition) is 0. The van der Waals surface area contributed by atoms with Gasteiger partial charge in [0.1, 0.15) is 0 Å². The van der Waals surface area contributed by atoms with Gasteiger partial charge in [-0.2, -0.15) is 10.2 Å². The maximum Gasteiger partial charge on any atom is 0.169 e. The Balaban J connectivity index is 1.67. The Labute approximate surface area is 140 Å². The number of hydrogen-bond acceptors (Lipinski definition) is 4. The zero-order chi connectivity index (χ0) is 16.7. The van der Waals surface area contributed by atoms with Crippen molar-refractivity contribution in [1.82, 2.24) is 19.4 Å². The minimum atomic E-state index is -0.0375. The number of ketones is 1. The van der Waals surface area contributed by atoms with Gasteiger partial charge in [0.25, 0.3) is 0 Å². The van der Waals surface area contributed by atoms with E-state index in [0.717, 1.165) is 36.3 Å². The minimum Gasteiger partial charge on any atom is -0.379 e. The van der Waals surface area contributed by atoms with Crippen LogP contribution in [0.25, 0.3) is 16.6 Å². The molecule has 1 aliphatic rings. The molecule has 6 nitrogen and oxygen atoms in total. The molecule has 0 aliphatic carbocycles. The standard InChI is InChI=1S/C18H20N4O2/c1-12(2)18(23)16-8-20-22-9-13(3-4-17(16)22)14-7-19-21(10-14)15-5-6-24-11-15/h3-4,7-10,12,15H,5-6,11H2,1-2H3. The SMILES string of the molecule is CC(C)C(=O)c1cnn2cc(-c3cnn(C4CCOC4)c3)ccc12. The molecule has 1 fully saturated rings. The lowest BCUT2D eigenvalue weighted by atomic mass is 10.0. The molecule has 4 rings (SSSR count). The van der Waals surface area contributed by atoms with E-state index in [2.05, 4.69) is 10.2 Å². The van der Waals surface area contributed by atoms with Gasteiger partial charge in [0.2, 0.25) is 0 Å². The zero-order valence-corrected chi connectivity index (χ0v) is 13.8. The Hall–Kier alpha value is -2.47. The number of nitrogens with zero attached hydrogens (tertiary/aromatic N) is 4. The summed E-state index contributed by atoms with van der Waals surface area (Å²) in [5, 5.41) is 8.81. The summed E-state index contributed by atoms with van der Waals surface area (Å²) in [6.07, 6.45) is 8.51. The van der Waals surface area contributed by atoms with E-state index in [1.54, 1.807) is 10.7 Å². The van der Waals surface area contributed by atoms with Gasteiger partial charge in [-0.1, -0.05) is 19.9 Å². The van der Waals surface area contributed by atoms with Crippen LogP contribution < -0.4 is 0 Å². The maximum absolute atomic E-state index is 12.2. The van der Waals surface area contributed by atoms with Crippen LogP contribution in [0.4, 0.5) is 0 Å². The normalized spacial score (nSPS) is 17.9. The summed E-state index contributed by atoms with van der Waals surface area (Å²) in [7, 11) is 0. The number of ether oxygens (including phenoxy) is 1. The molecular weight excluding hydrogens is 304 g/mol. The van der Waals surface area contributed by atoms with Gasteiger partial charge in [0, 0.05) is 36.0 Å². The average molecular weight is 324 g/mol. The van der Waals surface area contributed by atoms with E-state index in [-0.39, 0.29) is 11.7 Å². The second-order valence-corrected chi connectivity index (χ2v) is 6.55. The summed E-state index contributed by atoms with van der Waals surface area (Å²) in [6, 6.07) is 4.29. The van der Waals surface area contributed by atoms with E-state index >= 15 is 0 Å². The van der Waals surface area contributed by atoms with E-state index in [0.29, 0.717) is 11.6 Å². The number of fused-ring (bicyclic) bond motifs is 1. The van der Waals surface area contributed by atoms with Crippen molar-refractivity contribution in [2.45, 2.75) is 26.3 Å². The van der Waals surface area contributed by atoms with E-state index in [4.69, 9.17) is 4.74 Å². The summed E-state index contributed by atoms with van der Waals surface area (Å²) in [5.74, 6) is 0.0799. The van der Waals surface area contributed by atoms with Crippen LogP contribution in [0.15, 0.2) is 36.9 Å². The highest BCUT2D eigenvalue weighted by molar-refractivity contribution is 6.03. The van der Waals surface area contributed by atoms with Gasteiger partial charge >= 0.3 is 0 Å². The molecule has 6 heteroatoms. The van der Waals surface area contributed by atoms with Crippen LogP contribution in [-0.2, 0) is 4.74 Å². The highest BCUT2D eigenvalue weighted by atomic mass is 16.5. The number of Topliss-reactive ketones (excluding diaryl/α,β-unsaturated/α-hetero) is 1. The molecule has 3 aromatic rings. The Kier molecular flexibility index (Phi) is 3.69. The average Bonchev–Trinajstić information content (AvgIpc) is 3.31. The van der Waals surface area contributed by atoms with Crippen LogP contribution in [-0.4, -0.2) is 38.4 Å². The second kappa shape index (κ2) is 5.87. The number of carbonyl (C=O) groups excluding carboxylic acids is 1. The Bertz CT molecular complexity index is 887. The first kappa shape index (κ1) is 15.1. The lowest BCUT2D eigenvalue weighted by Gasteiger charge is -2.07.